The minimum atomic E-state index is -1.09. The van der Waals surface area contributed by atoms with Gasteiger partial charge in [0.15, 0.2) is 6.61 Å². The van der Waals surface area contributed by atoms with Crippen LogP contribution in [0.25, 0.3) is 0 Å². The van der Waals surface area contributed by atoms with Gasteiger partial charge in [-0.3, -0.25) is 4.79 Å². The van der Waals surface area contributed by atoms with Gasteiger partial charge in [0.25, 0.3) is 5.91 Å². The van der Waals surface area contributed by atoms with Gasteiger partial charge in [-0.1, -0.05) is 12.1 Å². The van der Waals surface area contributed by atoms with Crippen LogP contribution in [0.3, 0.4) is 0 Å². The van der Waals surface area contributed by atoms with Crippen molar-refractivity contribution in [3.8, 4) is 5.75 Å². The molecule has 0 spiro atoms. The summed E-state index contributed by atoms with van der Waals surface area (Å²) < 4.78 is 10.1. The van der Waals surface area contributed by atoms with Gasteiger partial charge >= 0.3 is 33.6 Å². The molecule has 1 aromatic carbocycles. The number of carboxylic acids is 1. The van der Waals surface area contributed by atoms with Crippen LogP contribution in [-0.2, 0) is 37.2 Å². The molecular formula is C13H19HgNO6+. The SMILES string of the molecule is COC(C)CNC(=O)c1ccccc1OCC(=O)O.O.[Hg+]. The first kappa shape index (κ1) is 22.1. The topological polar surface area (TPSA) is 116 Å². The van der Waals surface area contributed by atoms with Gasteiger partial charge < -0.3 is 25.4 Å². The quantitative estimate of drug-likeness (QED) is 0.531. The van der Waals surface area contributed by atoms with Crippen molar-refractivity contribution in [2.45, 2.75) is 13.0 Å². The first-order valence-corrected chi connectivity index (χ1v) is 5.79. The van der Waals surface area contributed by atoms with E-state index in [1.54, 1.807) is 31.4 Å². The molecule has 1 rings (SSSR count). The molecule has 1 amide bonds. The summed E-state index contributed by atoms with van der Waals surface area (Å²) in [4.78, 5) is 22.4. The predicted molar refractivity (Wildman–Crippen MR) is 72.0 cm³/mol. The predicted octanol–water partition coefficient (Wildman–Crippen LogP) is 0.0875. The molecule has 21 heavy (non-hydrogen) atoms. The Balaban J connectivity index is 0. The fraction of sp³-hybridized carbons (Fsp3) is 0.385. The first-order chi connectivity index (χ1) is 9.04. The first-order valence-electron chi connectivity index (χ1n) is 5.79. The maximum atomic E-state index is 11.9. The van der Waals surface area contributed by atoms with E-state index in [9.17, 15) is 9.59 Å². The van der Waals surface area contributed by atoms with Crippen LogP contribution >= 0.6 is 0 Å². The summed E-state index contributed by atoms with van der Waals surface area (Å²) in [5.74, 6) is -1.18. The third-order valence-electron chi connectivity index (χ3n) is 2.44. The zero-order chi connectivity index (χ0) is 14.3. The Kier molecular flexibility index (Phi) is 12.1. The van der Waals surface area contributed by atoms with Crippen molar-refractivity contribution in [3.63, 3.8) is 0 Å². The third-order valence-corrected chi connectivity index (χ3v) is 2.44. The van der Waals surface area contributed by atoms with Crippen LogP contribution in [0.2, 0.25) is 0 Å². The van der Waals surface area contributed by atoms with Crippen molar-refractivity contribution in [1.82, 2.24) is 5.32 Å². The number of aliphatic carboxylic acids is 1. The largest absolute Gasteiger partial charge is 1.00 e. The number of methoxy groups -OCH3 is 1. The number of hydrogen-bond donors (Lipinski definition) is 2. The van der Waals surface area contributed by atoms with Gasteiger partial charge in [0.2, 0.25) is 0 Å². The molecule has 1 unspecified atom stereocenters. The van der Waals surface area contributed by atoms with E-state index in [1.165, 1.54) is 0 Å². The number of ether oxygens (including phenoxy) is 2. The standard InChI is InChI=1S/C13H17NO5.Hg.H2O/c1-9(18-2)7-14-13(17)10-5-3-4-6-11(10)19-8-12(15)16;;/h3-6,9H,7-8H2,1-2H3,(H,14,17)(H,15,16);;1H2/q;+1;. The Morgan fingerprint density at radius 1 is 1.33 bits per heavy atom. The van der Waals surface area contributed by atoms with Crippen LogP contribution < -0.4 is 10.1 Å². The average molecular weight is 486 g/mol. The fourth-order valence-corrected chi connectivity index (χ4v) is 1.33. The number of hydrogen-bond acceptors (Lipinski definition) is 4. The van der Waals surface area contributed by atoms with Gasteiger partial charge in [-0.2, -0.15) is 0 Å². The van der Waals surface area contributed by atoms with Crippen molar-refractivity contribution < 1.29 is 57.3 Å². The Morgan fingerprint density at radius 2 is 1.95 bits per heavy atom. The van der Waals surface area contributed by atoms with Crippen molar-refractivity contribution in [3.05, 3.63) is 29.8 Å². The minimum absolute atomic E-state index is 0. The molecule has 0 aromatic heterocycles. The van der Waals surface area contributed by atoms with E-state index in [0.717, 1.165) is 0 Å². The van der Waals surface area contributed by atoms with E-state index < -0.39 is 12.6 Å². The second-order valence-electron chi connectivity index (χ2n) is 3.93. The molecule has 8 heteroatoms. The maximum absolute atomic E-state index is 11.9. The number of benzene rings is 1. The fourth-order valence-electron chi connectivity index (χ4n) is 1.33. The van der Waals surface area contributed by atoms with Crippen molar-refractivity contribution >= 4 is 11.9 Å². The van der Waals surface area contributed by atoms with Crippen molar-refractivity contribution in [2.24, 2.45) is 0 Å². The Hall–Kier alpha value is -1.18. The number of amides is 1. The normalized spacial score (nSPS) is 10.6. The number of carbonyl (C=O) groups excluding carboxylic acids is 1. The van der Waals surface area contributed by atoms with Crippen LogP contribution in [-0.4, -0.2) is 48.8 Å². The average Bonchev–Trinajstić information content (AvgIpc) is 2.42. The summed E-state index contributed by atoms with van der Waals surface area (Å²) in [6.07, 6.45) is -0.101. The number of rotatable bonds is 7. The summed E-state index contributed by atoms with van der Waals surface area (Å²) in [7, 11) is 1.56. The molecule has 0 aliphatic carbocycles. The Labute approximate surface area is 143 Å². The van der Waals surface area contributed by atoms with E-state index in [4.69, 9.17) is 14.6 Å². The van der Waals surface area contributed by atoms with Crippen LogP contribution in [0, 0.1) is 0 Å². The molecule has 0 saturated heterocycles. The number of carbonyl (C=O) groups is 2. The van der Waals surface area contributed by atoms with Gasteiger partial charge in [-0.15, -0.1) is 0 Å². The summed E-state index contributed by atoms with van der Waals surface area (Å²) in [5.41, 5.74) is 0.298. The number of para-hydroxylation sites is 1. The molecule has 0 fully saturated rings. The van der Waals surface area contributed by atoms with Gasteiger partial charge in [-0.25, -0.2) is 4.79 Å². The molecule has 0 saturated carbocycles. The third kappa shape index (κ3) is 7.98. The molecule has 4 N–H and O–H groups in total. The second-order valence-corrected chi connectivity index (χ2v) is 3.93. The van der Waals surface area contributed by atoms with Crippen molar-refractivity contribution in [2.75, 3.05) is 20.3 Å². The maximum Gasteiger partial charge on any atom is 1.00 e. The molecule has 0 aliphatic heterocycles. The zero-order valence-electron chi connectivity index (χ0n) is 12.1. The minimum Gasteiger partial charge on any atom is -0.481 e. The van der Waals surface area contributed by atoms with E-state index >= 15 is 0 Å². The van der Waals surface area contributed by atoms with Gasteiger partial charge in [0.05, 0.1) is 11.7 Å². The number of nitrogens with one attached hydrogen (secondary N) is 1. The molecule has 113 valence electrons. The van der Waals surface area contributed by atoms with Crippen LogP contribution in [0.15, 0.2) is 24.3 Å². The molecule has 0 aliphatic rings. The monoisotopic (exact) mass is 487 g/mol. The summed E-state index contributed by atoms with van der Waals surface area (Å²) in [5, 5.41) is 11.3. The molecular weight excluding hydrogens is 467 g/mol. The van der Waals surface area contributed by atoms with Crippen LogP contribution in [0.5, 0.6) is 5.75 Å². The van der Waals surface area contributed by atoms with E-state index in [0.29, 0.717) is 12.1 Å². The van der Waals surface area contributed by atoms with Gasteiger partial charge in [0, 0.05) is 13.7 Å². The van der Waals surface area contributed by atoms with E-state index in [1.807, 2.05) is 6.92 Å². The smallest absolute Gasteiger partial charge is 0.481 e. The second kappa shape index (κ2) is 11.5. The van der Waals surface area contributed by atoms with Gasteiger partial charge in [-0.05, 0) is 19.1 Å². The van der Waals surface area contributed by atoms with Crippen LogP contribution in [0.4, 0.5) is 0 Å². The zero-order valence-corrected chi connectivity index (χ0v) is 17.6. The molecule has 7 nitrogen and oxygen atoms in total. The molecule has 1 radical (unpaired) electrons. The van der Waals surface area contributed by atoms with E-state index in [-0.39, 0.29) is 50.9 Å². The Morgan fingerprint density at radius 3 is 2.52 bits per heavy atom. The molecule has 0 bridgehead atoms. The van der Waals surface area contributed by atoms with Gasteiger partial charge in [0.1, 0.15) is 5.75 Å². The number of carboxylic acid groups (broad SMARTS) is 1. The van der Waals surface area contributed by atoms with Crippen LogP contribution in [0.1, 0.15) is 17.3 Å². The summed E-state index contributed by atoms with van der Waals surface area (Å²) in [6.45, 7) is 1.70. The van der Waals surface area contributed by atoms with E-state index in [2.05, 4.69) is 5.32 Å². The Bertz CT molecular complexity index is 454. The molecule has 1 aromatic rings. The summed E-state index contributed by atoms with van der Waals surface area (Å²) >= 11 is 0. The summed E-state index contributed by atoms with van der Waals surface area (Å²) in [6, 6.07) is 6.48. The molecule has 1 atom stereocenters. The van der Waals surface area contributed by atoms with Crippen molar-refractivity contribution in [1.29, 1.82) is 0 Å². The molecule has 0 heterocycles.